The largest absolute Gasteiger partial charge is 0.573 e. The van der Waals surface area contributed by atoms with E-state index in [1.165, 1.54) is 6.92 Å². The fourth-order valence-electron chi connectivity index (χ4n) is 1.22. The van der Waals surface area contributed by atoms with Gasteiger partial charge in [-0.05, 0) is 35.6 Å². The van der Waals surface area contributed by atoms with Gasteiger partial charge in [0.15, 0.2) is 5.75 Å². The number of esters is 1. The lowest BCUT2D eigenvalue weighted by atomic mass is 10.2. The van der Waals surface area contributed by atoms with E-state index in [4.69, 9.17) is 0 Å². The summed E-state index contributed by atoms with van der Waals surface area (Å²) in [5.74, 6) is -2.50. The predicted octanol–water partition coefficient (Wildman–Crippen LogP) is 3.78. The highest BCUT2D eigenvalue weighted by Crippen LogP contribution is 2.36. The molecule has 118 valence electrons. The van der Waals surface area contributed by atoms with E-state index in [2.05, 4.69) is 14.5 Å². The van der Waals surface area contributed by atoms with Gasteiger partial charge < -0.3 is 9.47 Å². The van der Waals surface area contributed by atoms with Crippen molar-refractivity contribution in [2.45, 2.75) is 19.5 Å². The molecule has 1 aromatic rings. The molecule has 0 aromatic carbocycles. The first kappa shape index (κ1) is 17.8. The van der Waals surface area contributed by atoms with Crippen molar-refractivity contribution in [2.75, 3.05) is 6.61 Å². The van der Waals surface area contributed by atoms with Crippen molar-refractivity contribution in [1.29, 1.82) is 0 Å². The first-order valence-corrected chi connectivity index (χ1v) is 6.24. The van der Waals surface area contributed by atoms with Gasteiger partial charge in [-0.3, -0.25) is 0 Å². The number of hydrogen-bond acceptors (Lipinski definition) is 4. The molecule has 0 saturated carbocycles. The summed E-state index contributed by atoms with van der Waals surface area (Å²) in [5.41, 5.74) is -2.52. The molecule has 0 spiro atoms. The molecule has 1 aromatic heterocycles. The van der Waals surface area contributed by atoms with Gasteiger partial charge in [0.2, 0.25) is 0 Å². The van der Waals surface area contributed by atoms with Crippen molar-refractivity contribution in [3.05, 3.63) is 21.0 Å². The van der Waals surface area contributed by atoms with E-state index < -0.39 is 39.2 Å². The molecule has 21 heavy (non-hydrogen) atoms. The third kappa shape index (κ3) is 4.89. The Hall–Kier alpha value is -1.27. The third-order valence-corrected chi connectivity index (χ3v) is 2.67. The van der Waals surface area contributed by atoms with E-state index in [0.717, 1.165) is 22.6 Å². The summed E-state index contributed by atoms with van der Waals surface area (Å²) >= 11 is 1.11. The highest BCUT2D eigenvalue weighted by atomic mass is 127. The summed E-state index contributed by atoms with van der Waals surface area (Å²) in [5, 5.41) is 0. The molecule has 0 aliphatic heterocycles. The van der Waals surface area contributed by atoms with Gasteiger partial charge in [-0.15, -0.1) is 13.2 Å². The highest BCUT2D eigenvalue weighted by molar-refractivity contribution is 14.1. The molecular weight excluding hydrogens is 423 g/mol. The molecule has 0 radical (unpaired) electrons. The molecule has 0 N–H and O–H groups in total. The number of halogens is 7. The van der Waals surface area contributed by atoms with Crippen LogP contribution in [0.3, 0.4) is 0 Å². The average Bonchev–Trinajstić information content (AvgIpc) is 2.28. The summed E-state index contributed by atoms with van der Waals surface area (Å²) in [6.07, 6.45) is -10.1. The van der Waals surface area contributed by atoms with Crippen LogP contribution in [-0.4, -0.2) is 23.9 Å². The molecule has 0 amide bonds. The highest BCUT2D eigenvalue weighted by Gasteiger charge is 2.39. The molecule has 0 aliphatic carbocycles. The lowest BCUT2D eigenvalue weighted by Crippen LogP contribution is -2.22. The number of carbonyl (C=O) groups excluding carboxylic acids is 1. The van der Waals surface area contributed by atoms with Crippen LogP contribution in [0, 0.1) is 3.70 Å². The fourth-order valence-corrected chi connectivity index (χ4v) is 1.88. The Balaban J connectivity index is 3.44. The minimum absolute atomic E-state index is 0.154. The molecule has 11 heteroatoms. The topological polar surface area (TPSA) is 48.4 Å². The van der Waals surface area contributed by atoms with Crippen LogP contribution in [0.25, 0.3) is 0 Å². The summed E-state index contributed by atoms with van der Waals surface area (Å²) < 4.78 is 81.7. The zero-order valence-corrected chi connectivity index (χ0v) is 12.3. The maximum atomic E-state index is 12.6. The van der Waals surface area contributed by atoms with Gasteiger partial charge in [0, 0.05) is 0 Å². The molecular formula is C10H6F6INO3. The number of rotatable bonds is 3. The molecule has 1 rings (SSSR count). The second-order valence-corrected chi connectivity index (χ2v) is 4.46. The first-order valence-electron chi connectivity index (χ1n) is 5.16. The van der Waals surface area contributed by atoms with E-state index in [0.29, 0.717) is 0 Å². The molecule has 0 saturated heterocycles. The molecule has 0 aliphatic rings. The third-order valence-electron chi connectivity index (χ3n) is 1.94. The molecule has 0 bridgehead atoms. The minimum atomic E-state index is -5.19. The van der Waals surface area contributed by atoms with Crippen LogP contribution in [-0.2, 0) is 10.9 Å². The monoisotopic (exact) mass is 429 g/mol. The van der Waals surface area contributed by atoms with Gasteiger partial charge in [-0.1, -0.05) is 0 Å². The normalized spacial score (nSPS) is 12.2. The van der Waals surface area contributed by atoms with E-state index in [-0.39, 0.29) is 12.7 Å². The molecule has 1 heterocycles. The maximum absolute atomic E-state index is 12.6. The quantitative estimate of drug-likeness (QED) is 0.318. The van der Waals surface area contributed by atoms with Crippen molar-refractivity contribution < 1.29 is 40.6 Å². The van der Waals surface area contributed by atoms with Crippen LogP contribution >= 0.6 is 22.6 Å². The van der Waals surface area contributed by atoms with E-state index >= 15 is 0 Å². The Labute approximate surface area is 127 Å². The zero-order chi connectivity index (χ0) is 16.4. The van der Waals surface area contributed by atoms with Crippen LogP contribution < -0.4 is 4.74 Å². The molecule has 4 nitrogen and oxygen atoms in total. The number of pyridine rings is 1. The number of carbonyl (C=O) groups is 1. The molecule has 0 unspecified atom stereocenters. The van der Waals surface area contributed by atoms with E-state index in [9.17, 15) is 31.1 Å². The van der Waals surface area contributed by atoms with Crippen molar-refractivity contribution in [3.63, 3.8) is 0 Å². The van der Waals surface area contributed by atoms with Crippen LogP contribution in [0.5, 0.6) is 5.75 Å². The predicted molar refractivity (Wildman–Crippen MR) is 64.6 cm³/mol. The number of ether oxygens (including phenoxy) is 2. The summed E-state index contributed by atoms with van der Waals surface area (Å²) in [6, 6.07) is 0.154. The second kappa shape index (κ2) is 6.23. The minimum Gasteiger partial charge on any atom is -0.462 e. The molecule has 0 fully saturated rings. The average molecular weight is 429 g/mol. The van der Waals surface area contributed by atoms with E-state index in [1.807, 2.05) is 0 Å². The Morgan fingerprint density at radius 3 is 2.29 bits per heavy atom. The van der Waals surface area contributed by atoms with Gasteiger partial charge >= 0.3 is 18.5 Å². The van der Waals surface area contributed by atoms with Crippen LogP contribution in [0.2, 0.25) is 0 Å². The van der Waals surface area contributed by atoms with E-state index in [1.54, 1.807) is 0 Å². The standard InChI is InChI=1S/C10H6F6INO3/c1-2-20-8(19)4-3-5(9(11,12)13)18-7(17)6(4)21-10(14,15)16/h3H,2H2,1H3. The Bertz CT molecular complexity index is 543. The summed E-state index contributed by atoms with van der Waals surface area (Å²) in [6.45, 7) is 1.11. The van der Waals surface area contributed by atoms with Crippen molar-refractivity contribution in [3.8, 4) is 5.75 Å². The van der Waals surface area contributed by atoms with Crippen LogP contribution in [0.15, 0.2) is 6.07 Å². The van der Waals surface area contributed by atoms with Crippen molar-refractivity contribution >= 4 is 28.6 Å². The lowest BCUT2D eigenvalue weighted by Gasteiger charge is -2.15. The lowest BCUT2D eigenvalue weighted by molar-refractivity contribution is -0.275. The smallest absolute Gasteiger partial charge is 0.462 e. The van der Waals surface area contributed by atoms with Crippen molar-refractivity contribution in [2.24, 2.45) is 0 Å². The number of alkyl halides is 6. The zero-order valence-electron chi connectivity index (χ0n) is 10.1. The Morgan fingerprint density at radius 1 is 1.29 bits per heavy atom. The van der Waals surface area contributed by atoms with Gasteiger partial charge in [0.1, 0.15) is 15.0 Å². The SMILES string of the molecule is CCOC(=O)c1cc(C(F)(F)F)nc(I)c1OC(F)(F)F. The number of nitrogens with zero attached hydrogens (tertiary/aromatic N) is 1. The van der Waals surface area contributed by atoms with Crippen molar-refractivity contribution in [1.82, 2.24) is 4.98 Å². The maximum Gasteiger partial charge on any atom is 0.573 e. The van der Waals surface area contributed by atoms with Gasteiger partial charge in [-0.2, -0.15) is 13.2 Å². The van der Waals surface area contributed by atoms with Crippen LogP contribution in [0.1, 0.15) is 23.0 Å². The first-order chi connectivity index (χ1) is 9.45. The summed E-state index contributed by atoms with van der Waals surface area (Å²) in [7, 11) is 0. The van der Waals surface area contributed by atoms with Gasteiger partial charge in [0.25, 0.3) is 0 Å². The fraction of sp³-hybridized carbons (Fsp3) is 0.400. The van der Waals surface area contributed by atoms with Gasteiger partial charge in [0.05, 0.1) is 6.61 Å². The second-order valence-electron chi connectivity index (χ2n) is 3.44. The Morgan fingerprint density at radius 2 is 1.86 bits per heavy atom. The molecule has 0 atom stereocenters. The number of hydrogen-bond donors (Lipinski definition) is 0. The Kier molecular flexibility index (Phi) is 5.28. The summed E-state index contributed by atoms with van der Waals surface area (Å²) in [4.78, 5) is 14.5. The number of aromatic nitrogens is 1. The van der Waals surface area contributed by atoms with Crippen LogP contribution in [0.4, 0.5) is 26.3 Å². The van der Waals surface area contributed by atoms with Gasteiger partial charge in [-0.25, -0.2) is 9.78 Å².